The number of amides is 5. The highest BCUT2D eigenvalue weighted by Crippen LogP contribution is 2.03. The van der Waals surface area contributed by atoms with Crippen molar-refractivity contribution >= 4 is 41.5 Å². The fourth-order valence-electron chi connectivity index (χ4n) is 2.14. The number of nitrogens with one attached hydrogen (secondary N) is 3. The van der Waals surface area contributed by atoms with Crippen molar-refractivity contribution in [1.29, 1.82) is 0 Å². The number of primary amides is 2. The van der Waals surface area contributed by atoms with Crippen LogP contribution < -0.4 is 33.2 Å². The molecule has 0 aliphatic rings. The third kappa shape index (κ3) is 10.5. The average molecular weight is 432 g/mol. The molecule has 0 saturated carbocycles. The highest BCUT2D eigenvalue weighted by Gasteiger charge is 2.31. The Kier molecular flexibility index (Phi) is 11.1. The van der Waals surface area contributed by atoms with E-state index >= 15 is 0 Å². The first-order chi connectivity index (χ1) is 13.9. The first-order valence-electron chi connectivity index (χ1n) is 8.48. The molecule has 0 aromatic carbocycles. The van der Waals surface area contributed by atoms with E-state index in [2.05, 4.69) is 10.6 Å². The molecule has 5 amide bonds. The Morgan fingerprint density at radius 2 is 1.27 bits per heavy atom. The number of hydrogen-bond donors (Lipinski definition) is 8. The normalized spacial score (nSPS) is 13.2. The summed E-state index contributed by atoms with van der Waals surface area (Å²) in [5.74, 6) is -7.93. The molecular formula is C15H24N6O9. The van der Waals surface area contributed by atoms with Crippen LogP contribution in [0.2, 0.25) is 0 Å². The van der Waals surface area contributed by atoms with Gasteiger partial charge in [-0.05, 0) is 6.42 Å². The number of carbonyl (C=O) groups excluding carboxylic acids is 5. The van der Waals surface area contributed by atoms with Crippen LogP contribution in [0.4, 0.5) is 0 Å². The first kappa shape index (κ1) is 26.2. The topological polar surface area (TPSA) is 274 Å². The van der Waals surface area contributed by atoms with Gasteiger partial charge in [0.25, 0.3) is 0 Å². The Labute approximate surface area is 169 Å². The zero-order valence-corrected chi connectivity index (χ0v) is 15.8. The van der Waals surface area contributed by atoms with Gasteiger partial charge in [-0.3, -0.25) is 28.8 Å². The van der Waals surface area contributed by atoms with E-state index in [1.807, 2.05) is 5.32 Å². The summed E-state index contributed by atoms with van der Waals surface area (Å²) in [4.78, 5) is 80.2. The van der Waals surface area contributed by atoms with E-state index in [1.165, 1.54) is 0 Å². The van der Waals surface area contributed by atoms with E-state index in [1.54, 1.807) is 0 Å². The van der Waals surface area contributed by atoms with Gasteiger partial charge in [0.15, 0.2) is 0 Å². The van der Waals surface area contributed by atoms with Crippen molar-refractivity contribution in [2.45, 2.75) is 43.8 Å². The van der Waals surface area contributed by atoms with E-state index < -0.39 is 85.4 Å². The molecule has 0 radical (unpaired) electrons. The Balaban J connectivity index is 5.48. The van der Waals surface area contributed by atoms with Crippen molar-refractivity contribution in [1.82, 2.24) is 16.0 Å². The molecule has 3 atom stereocenters. The van der Waals surface area contributed by atoms with Crippen LogP contribution in [0, 0.1) is 0 Å². The summed E-state index contributed by atoms with van der Waals surface area (Å²) in [6.07, 6.45) is -2.36. The SMILES string of the molecule is NCC(=O)NC(CC(N)=O)C(=O)NC(CCC(N)=O)C(=O)NC(CC(=O)O)C(=O)O. The Bertz CT molecular complexity index is 711. The summed E-state index contributed by atoms with van der Waals surface area (Å²) in [5, 5.41) is 23.9. The van der Waals surface area contributed by atoms with Crippen molar-refractivity contribution in [3.63, 3.8) is 0 Å². The lowest BCUT2D eigenvalue weighted by molar-refractivity contribution is -0.147. The van der Waals surface area contributed by atoms with Crippen LogP contribution in [0.1, 0.15) is 25.7 Å². The molecule has 0 aromatic rings. The fraction of sp³-hybridized carbons (Fsp3) is 0.533. The molecule has 15 nitrogen and oxygen atoms in total. The van der Waals surface area contributed by atoms with Crippen LogP contribution in [0.15, 0.2) is 0 Å². The van der Waals surface area contributed by atoms with Gasteiger partial charge in [-0.15, -0.1) is 0 Å². The molecule has 0 heterocycles. The predicted molar refractivity (Wildman–Crippen MR) is 97.0 cm³/mol. The Hall–Kier alpha value is -3.75. The second-order valence-corrected chi connectivity index (χ2v) is 6.06. The predicted octanol–water partition coefficient (Wildman–Crippen LogP) is -4.90. The Morgan fingerprint density at radius 1 is 0.733 bits per heavy atom. The van der Waals surface area contributed by atoms with Gasteiger partial charge in [-0.25, -0.2) is 4.79 Å². The van der Waals surface area contributed by atoms with Crippen molar-refractivity contribution in [3.05, 3.63) is 0 Å². The van der Waals surface area contributed by atoms with Crippen molar-refractivity contribution in [3.8, 4) is 0 Å². The zero-order chi connectivity index (χ0) is 23.4. The van der Waals surface area contributed by atoms with Gasteiger partial charge < -0.3 is 43.4 Å². The summed E-state index contributed by atoms with van der Waals surface area (Å²) < 4.78 is 0. The number of carboxylic acids is 2. The van der Waals surface area contributed by atoms with Gasteiger partial charge in [0, 0.05) is 6.42 Å². The van der Waals surface area contributed by atoms with Gasteiger partial charge in [0.2, 0.25) is 29.5 Å². The quantitative estimate of drug-likeness (QED) is 0.129. The molecule has 0 aromatic heterocycles. The minimum absolute atomic E-state index is 0.375. The van der Waals surface area contributed by atoms with Gasteiger partial charge in [0.05, 0.1) is 19.4 Å². The molecule has 0 aliphatic heterocycles. The summed E-state index contributed by atoms with van der Waals surface area (Å²) in [6.45, 7) is -0.510. The van der Waals surface area contributed by atoms with Crippen molar-refractivity contribution in [2.75, 3.05) is 6.54 Å². The number of rotatable bonds is 14. The number of carboxylic acid groups (broad SMARTS) is 2. The zero-order valence-electron chi connectivity index (χ0n) is 15.8. The second-order valence-electron chi connectivity index (χ2n) is 6.06. The van der Waals surface area contributed by atoms with Gasteiger partial charge in [-0.1, -0.05) is 0 Å². The van der Waals surface area contributed by atoms with E-state index in [-0.39, 0.29) is 6.42 Å². The number of carbonyl (C=O) groups is 7. The van der Waals surface area contributed by atoms with Crippen molar-refractivity contribution < 1.29 is 43.8 Å². The Morgan fingerprint density at radius 3 is 1.70 bits per heavy atom. The second kappa shape index (κ2) is 12.7. The molecule has 0 bridgehead atoms. The lowest BCUT2D eigenvalue weighted by Gasteiger charge is -2.23. The number of hydrogen-bond acceptors (Lipinski definition) is 8. The number of nitrogens with two attached hydrogens (primary N) is 3. The fourth-order valence-corrected chi connectivity index (χ4v) is 2.14. The molecule has 0 aliphatic carbocycles. The summed E-state index contributed by atoms with van der Waals surface area (Å²) in [7, 11) is 0. The molecule has 0 fully saturated rings. The lowest BCUT2D eigenvalue weighted by Crippen LogP contribution is -2.57. The van der Waals surface area contributed by atoms with Gasteiger partial charge in [-0.2, -0.15) is 0 Å². The monoisotopic (exact) mass is 432 g/mol. The lowest BCUT2D eigenvalue weighted by atomic mass is 10.1. The summed E-state index contributed by atoms with van der Waals surface area (Å²) in [6, 6.07) is -4.86. The van der Waals surface area contributed by atoms with Crippen LogP contribution in [0.3, 0.4) is 0 Å². The van der Waals surface area contributed by atoms with Crippen LogP contribution >= 0.6 is 0 Å². The highest BCUT2D eigenvalue weighted by molar-refractivity contribution is 5.96. The van der Waals surface area contributed by atoms with Gasteiger partial charge in [0.1, 0.15) is 18.1 Å². The largest absolute Gasteiger partial charge is 0.481 e. The highest BCUT2D eigenvalue weighted by atomic mass is 16.4. The van der Waals surface area contributed by atoms with Gasteiger partial charge >= 0.3 is 11.9 Å². The smallest absolute Gasteiger partial charge is 0.326 e. The summed E-state index contributed by atoms with van der Waals surface area (Å²) >= 11 is 0. The standard InChI is InChI=1S/C15H24N6O9/c16-5-11(24)19-7(3-10(18)23)14(28)20-6(1-2-9(17)22)13(27)21-8(15(29)30)4-12(25)26/h6-8H,1-5,16H2,(H2,17,22)(H2,18,23)(H,19,24)(H,20,28)(H,21,27)(H,25,26)(H,29,30). The van der Waals surface area contributed by atoms with E-state index in [4.69, 9.17) is 27.4 Å². The molecular weight excluding hydrogens is 408 g/mol. The third-order valence-corrected chi connectivity index (χ3v) is 3.55. The first-order valence-corrected chi connectivity index (χ1v) is 8.48. The van der Waals surface area contributed by atoms with E-state index in [0.717, 1.165) is 0 Å². The molecule has 168 valence electrons. The average Bonchev–Trinajstić information content (AvgIpc) is 2.62. The molecule has 0 spiro atoms. The molecule has 0 rings (SSSR count). The number of aliphatic carboxylic acids is 2. The van der Waals surface area contributed by atoms with Crippen LogP contribution in [0.5, 0.6) is 0 Å². The van der Waals surface area contributed by atoms with Crippen molar-refractivity contribution in [2.24, 2.45) is 17.2 Å². The van der Waals surface area contributed by atoms with Crippen LogP contribution in [-0.2, 0) is 33.6 Å². The third-order valence-electron chi connectivity index (χ3n) is 3.55. The maximum absolute atomic E-state index is 12.4. The van der Waals surface area contributed by atoms with Crippen LogP contribution in [0.25, 0.3) is 0 Å². The van der Waals surface area contributed by atoms with E-state index in [9.17, 15) is 33.6 Å². The molecule has 3 unspecified atom stereocenters. The molecule has 0 saturated heterocycles. The maximum atomic E-state index is 12.4. The summed E-state index contributed by atoms with van der Waals surface area (Å²) in [5.41, 5.74) is 15.2. The minimum Gasteiger partial charge on any atom is -0.481 e. The minimum atomic E-state index is -1.82. The maximum Gasteiger partial charge on any atom is 0.326 e. The molecule has 15 heteroatoms. The molecule has 30 heavy (non-hydrogen) atoms. The van der Waals surface area contributed by atoms with E-state index in [0.29, 0.717) is 0 Å². The van der Waals surface area contributed by atoms with Crippen LogP contribution in [-0.4, -0.2) is 76.4 Å². The molecule has 11 N–H and O–H groups in total.